The molecule has 8 nitrogen and oxygen atoms in total. The van der Waals surface area contributed by atoms with Crippen molar-refractivity contribution >= 4 is 40.2 Å². The van der Waals surface area contributed by atoms with E-state index in [2.05, 4.69) is 43.7 Å². The Kier molecular flexibility index (Phi) is 5.87. The predicted octanol–water partition coefficient (Wildman–Crippen LogP) is 3.45. The van der Waals surface area contributed by atoms with Gasteiger partial charge in [-0.05, 0) is 38.4 Å². The topological polar surface area (TPSA) is 90.6 Å². The highest BCUT2D eigenvalue weighted by atomic mass is 35.5. The van der Waals surface area contributed by atoms with E-state index in [-0.39, 0.29) is 11.8 Å². The third kappa shape index (κ3) is 4.11. The Morgan fingerprint density at radius 2 is 2.10 bits per heavy atom. The number of halogens is 1. The van der Waals surface area contributed by atoms with Crippen LogP contribution in [0, 0.1) is 5.41 Å². The SMILES string of the molecule is CCN1CCN(c2cc3nc(C(=O)C4(C)CC(NC(=O)OC)C4)[nH]c3cc2Cl)[C@H](C)C1. The van der Waals surface area contributed by atoms with Crippen LogP contribution < -0.4 is 10.2 Å². The number of hydrogen-bond acceptors (Lipinski definition) is 6. The molecule has 1 aliphatic carbocycles. The van der Waals surface area contributed by atoms with Crippen molar-refractivity contribution in [2.75, 3.05) is 38.2 Å². The summed E-state index contributed by atoms with van der Waals surface area (Å²) in [4.78, 5) is 37.0. The van der Waals surface area contributed by atoms with E-state index in [1.165, 1.54) is 7.11 Å². The van der Waals surface area contributed by atoms with Crippen molar-refractivity contribution in [3.63, 3.8) is 0 Å². The molecule has 31 heavy (non-hydrogen) atoms. The number of nitrogens with zero attached hydrogens (tertiary/aromatic N) is 3. The van der Waals surface area contributed by atoms with Crippen molar-refractivity contribution in [3.05, 3.63) is 23.0 Å². The van der Waals surface area contributed by atoms with Crippen molar-refractivity contribution in [1.29, 1.82) is 0 Å². The second-order valence-corrected chi connectivity index (χ2v) is 9.38. The molecule has 168 valence electrons. The van der Waals surface area contributed by atoms with E-state index in [0.29, 0.717) is 29.7 Å². The van der Waals surface area contributed by atoms with Gasteiger partial charge in [0.2, 0.25) is 5.78 Å². The monoisotopic (exact) mass is 447 g/mol. The zero-order valence-corrected chi connectivity index (χ0v) is 19.3. The molecule has 2 fully saturated rings. The molecule has 9 heteroatoms. The molecule has 0 radical (unpaired) electrons. The van der Waals surface area contributed by atoms with E-state index >= 15 is 0 Å². The van der Waals surface area contributed by atoms with E-state index in [1.807, 2.05) is 19.1 Å². The maximum atomic E-state index is 13.1. The summed E-state index contributed by atoms with van der Waals surface area (Å²) in [6.07, 6.45) is 0.645. The largest absolute Gasteiger partial charge is 0.453 e. The number of likely N-dealkylation sites (N-methyl/N-ethyl adjacent to an activating group) is 1. The normalized spacial score (nSPS) is 26.5. The first-order valence-electron chi connectivity index (χ1n) is 10.8. The Balaban J connectivity index is 1.53. The highest BCUT2D eigenvalue weighted by Crippen LogP contribution is 2.43. The number of benzene rings is 1. The Morgan fingerprint density at radius 3 is 2.74 bits per heavy atom. The number of alkyl carbamates (subject to hydrolysis) is 1. The Hall–Kier alpha value is -2.32. The van der Waals surface area contributed by atoms with Gasteiger partial charge in [0.25, 0.3) is 0 Å². The van der Waals surface area contributed by atoms with Crippen LogP contribution in [0.5, 0.6) is 0 Å². The Bertz CT molecular complexity index is 1000. The number of carbonyl (C=O) groups is 2. The van der Waals surface area contributed by atoms with E-state index in [1.54, 1.807) is 0 Å². The van der Waals surface area contributed by atoms with Gasteiger partial charge in [-0.15, -0.1) is 0 Å². The first-order chi connectivity index (χ1) is 14.7. The molecule has 2 N–H and O–H groups in total. The summed E-state index contributed by atoms with van der Waals surface area (Å²) in [7, 11) is 1.33. The molecule has 1 aliphatic heterocycles. The quantitative estimate of drug-likeness (QED) is 0.682. The molecular formula is C22H30ClN5O3. The number of methoxy groups -OCH3 is 1. The molecule has 4 rings (SSSR count). The number of carbonyl (C=O) groups excluding carboxylic acids is 2. The molecule has 2 aromatic rings. The molecule has 2 aliphatic rings. The fraction of sp³-hybridized carbons (Fsp3) is 0.591. The van der Waals surface area contributed by atoms with Crippen LogP contribution in [0.25, 0.3) is 11.0 Å². The lowest BCUT2D eigenvalue weighted by molar-refractivity contribution is 0.0536. The molecule has 0 bridgehead atoms. The molecule has 0 unspecified atom stereocenters. The van der Waals surface area contributed by atoms with Crippen LogP contribution in [-0.2, 0) is 4.74 Å². The molecule has 1 aromatic heterocycles. The number of rotatable bonds is 5. The molecular weight excluding hydrogens is 418 g/mol. The number of amides is 1. The summed E-state index contributed by atoms with van der Waals surface area (Å²) in [5.74, 6) is 0.292. The number of fused-ring (bicyclic) bond motifs is 1. The number of hydrogen-bond donors (Lipinski definition) is 2. The van der Waals surface area contributed by atoms with E-state index in [9.17, 15) is 9.59 Å². The molecule has 1 amide bonds. The number of ether oxygens (including phenoxy) is 1. The first-order valence-corrected chi connectivity index (χ1v) is 11.2. The minimum atomic E-state index is -0.558. The second kappa shape index (κ2) is 8.31. The summed E-state index contributed by atoms with van der Waals surface area (Å²) >= 11 is 6.63. The van der Waals surface area contributed by atoms with Crippen molar-refractivity contribution in [2.45, 2.75) is 45.7 Å². The van der Waals surface area contributed by atoms with Crippen LogP contribution in [0.1, 0.15) is 44.2 Å². The fourth-order valence-corrected chi connectivity index (χ4v) is 5.12. The van der Waals surface area contributed by atoms with Crippen LogP contribution in [0.4, 0.5) is 10.5 Å². The van der Waals surface area contributed by atoms with Crippen LogP contribution >= 0.6 is 11.6 Å². The summed E-state index contributed by atoms with van der Waals surface area (Å²) < 4.78 is 4.63. The number of Topliss-reactive ketones (excluding diaryl/α,β-unsaturated/α-hetero) is 1. The van der Waals surface area contributed by atoms with Gasteiger partial charge in [-0.3, -0.25) is 9.69 Å². The molecule has 2 heterocycles. The van der Waals surface area contributed by atoms with Crippen molar-refractivity contribution in [2.24, 2.45) is 5.41 Å². The zero-order chi connectivity index (χ0) is 22.3. The summed E-state index contributed by atoms with van der Waals surface area (Å²) in [6, 6.07) is 4.12. The van der Waals surface area contributed by atoms with Crippen LogP contribution in [0.3, 0.4) is 0 Å². The van der Waals surface area contributed by atoms with Gasteiger partial charge in [0, 0.05) is 37.1 Å². The second-order valence-electron chi connectivity index (χ2n) is 8.97. The number of ketones is 1. The van der Waals surface area contributed by atoms with Crippen molar-refractivity contribution in [1.82, 2.24) is 20.2 Å². The lowest BCUT2D eigenvalue weighted by atomic mass is 9.64. The smallest absolute Gasteiger partial charge is 0.407 e. The minimum Gasteiger partial charge on any atom is -0.453 e. The number of nitrogens with one attached hydrogen (secondary N) is 2. The van der Waals surface area contributed by atoms with Crippen LogP contribution in [0.2, 0.25) is 5.02 Å². The van der Waals surface area contributed by atoms with Gasteiger partial charge < -0.3 is 19.9 Å². The fourth-order valence-electron chi connectivity index (χ4n) is 4.85. The van der Waals surface area contributed by atoms with Crippen LogP contribution in [-0.4, -0.2) is 72.1 Å². The highest BCUT2D eigenvalue weighted by Gasteiger charge is 2.48. The van der Waals surface area contributed by atoms with E-state index in [4.69, 9.17) is 11.6 Å². The van der Waals surface area contributed by atoms with Gasteiger partial charge in [-0.1, -0.05) is 25.4 Å². The molecule has 1 atom stereocenters. The molecule has 1 aromatic carbocycles. The van der Waals surface area contributed by atoms with Gasteiger partial charge in [-0.2, -0.15) is 0 Å². The van der Waals surface area contributed by atoms with Gasteiger partial charge in [0.15, 0.2) is 5.82 Å². The van der Waals surface area contributed by atoms with Gasteiger partial charge >= 0.3 is 6.09 Å². The van der Waals surface area contributed by atoms with Gasteiger partial charge in [-0.25, -0.2) is 9.78 Å². The maximum Gasteiger partial charge on any atom is 0.407 e. The van der Waals surface area contributed by atoms with Gasteiger partial charge in [0.05, 0.1) is 28.9 Å². The number of H-pyrrole nitrogens is 1. The summed E-state index contributed by atoms with van der Waals surface area (Å²) in [5, 5.41) is 3.40. The van der Waals surface area contributed by atoms with E-state index < -0.39 is 11.5 Å². The van der Waals surface area contributed by atoms with Crippen LogP contribution in [0.15, 0.2) is 12.1 Å². The summed E-state index contributed by atoms with van der Waals surface area (Å²) in [5.41, 5.74) is 1.89. The van der Waals surface area contributed by atoms with E-state index in [0.717, 1.165) is 42.9 Å². The Morgan fingerprint density at radius 1 is 1.35 bits per heavy atom. The summed E-state index contributed by atoms with van der Waals surface area (Å²) in [6.45, 7) is 10.2. The predicted molar refractivity (Wildman–Crippen MR) is 121 cm³/mol. The standard InChI is InChI=1S/C22H30ClN5O3/c1-5-27-6-7-28(13(2)12-27)18-9-17-16(8-15(18)23)25-20(26-17)19(29)22(3)10-14(11-22)24-21(30)31-4/h8-9,13-14H,5-7,10-12H2,1-4H3,(H,24,30)(H,25,26)/t13-,14?,22?/m1/s1. The number of aromatic nitrogens is 2. The zero-order valence-electron chi connectivity index (χ0n) is 18.5. The van der Waals surface area contributed by atoms with Gasteiger partial charge in [0.1, 0.15) is 0 Å². The number of aromatic amines is 1. The first kappa shape index (κ1) is 21.9. The average molecular weight is 448 g/mol. The highest BCUT2D eigenvalue weighted by molar-refractivity contribution is 6.34. The maximum absolute atomic E-state index is 13.1. The van der Waals surface area contributed by atoms with Crippen molar-refractivity contribution < 1.29 is 14.3 Å². The lowest BCUT2D eigenvalue weighted by Gasteiger charge is -2.43. The van der Waals surface area contributed by atoms with Crippen molar-refractivity contribution in [3.8, 4) is 0 Å². The molecule has 1 saturated carbocycles. The number of piperazine rings is 1. The minimum absolute atomic E-state index is 0.0470. The lowest BCUT2D eigenvalue weighted by Crippen LogP contribution is -2.53. The molecule has 1 saturated heterocycles. The average Bonchev–Trinajstić information content (AvgIpc) is 3.13. The third-order valence-corrected chi connectivity index (χ3v) is 6.99. The molecule has 0 spiro atoms. The number of anilines is 1. The Labute approximate surface area is 187 Å². The third-order valence-electron chi connectivity index (χ3n) is 6.68. The number of imidazole rings is 1.